The summed E-state index contributed by atoms with van der Waals surface area (Å²) in [5.41, 5.74) is 2.12. The van der Waals surface area contributed by atoms with Gasteiger partial charge in [-0.2, -0.15) is 0 Å². The predicted octanol–water partition coefficient (Wildman–Crippen LogP) is 3.87. The van der Waals surface area contributed by atoms with E-state index in [2.05, 4.69) is 10.3 Å². The highest BCUT2D eigenvalue weighted by molar-refractivity contribution is 6.31. The van der Waals surface area contributed by atoms with Crippen LogP contribution in [-0.2, 0) is 24.8 Å². The Labute approximate surface area is 223 Å². The topological polar surface area (TPSA) is 101 Å². The molecule has 190 valence electrons. The standard InChI is InChI=1S/C29H23ClN4O4/c1-33-14-4-6-23(28(33)37)26(35)19-9-7-18(8-10-19)17-34-25(16-21-5-2-3-13-31-21)27(36)32-24-15-20(30)11-12-22(24)29(34)38/h2-15,25H,16-17H2,1H3,(H,32,36). The molecule has 1 unspecified atom stereocenters. The van der Waals surface area contributed by atoms with Crippen LogP contribution in [0.25, 0.3) is 0 Å². The van der Waals surface area contributed by atoms with Gasteiger partial charge in [-0.05, 0) is 48.0 Å². The first-order valence-corrected chi connectivity index (χ1v) is 12.3. The van der Waals surface area contributed by atoms with Crippen molar-refractivity contribution >= 4 is 34.9 Å². The number of pyridine rings is 2. The van der Waals surface area contributed by atoms with Crippen molar-refractivity contribution in [1.82, 2.24) is 14.5 Å². The first-order valence-electron chi connectivity index (χ1n) is 11.9. The van der Waals surface area contributed by atoms with Crippen LogP contribution in [0.4, 0.5) is 5.69 Å². The fraction of sp³-hybridized carbons (Fsp3) is 0.138. The first-order chi connectivity index (χ1) is 18.3. The number of rotatable bonds is 6. The molecule has 0 spiro atoms. The van der Waals surface area contributed by atoms with Crippen molar-refractivity contribution in [2.75, 3.05) is 5.32 Å². The van der Waals surface area contributed by atoms with Gasteiger partial charge in [0.25, 0.3) is 11.5 Å². The number of ketones is 1. The van der Waals surface area contributed by atoms with Crippen molar-refractivity contribution < 1.29 is 14.4 Å². The van der Waals surface area contributed by atoms with Gasteiger partial charge in [0.15, 0.2) is 5.78 Å². The van der Waals surface area contributed by atoms with Gasteiger partial charge in [0.2, 0.25) is 5.91 Å². The van der Waals surface area contributed by atoms with Gasteiger partial charge in [-0.3, -0.25) is 24.2 Å². The molecule has 2 aromatic carbocycles. The van der Waals surface area contributed by atoms with E-state index in [1.54, 1.807) is 80.1 Å². The van der Waals surface area contributed by atoms with Gasteiger partial charge in [-0.25, -0.2) is 0 Å². The number of aromatic nitrogens is 2. The third-order valence-corrected chi connectivity index (χ3v) is 6.71. The molecule has 3 heterocycles. The van der Waals surface area contributed by atoms with Crippen LogP contribution in [-0.4, -0.2) is 38.1 Å². The van der Waals surface area contributed by atoms with Gasteiger partial charge in [0.05, 0.1) is 16.8 Å². The van der Waals surface area contributed by atoms with E-state index < -0.39 is 6.04 Å². The summed E-state index contributed by atoms with van der Waals surface area (Å²) in [6.07, 6.45) is 3.44. The number of nitrogens with zero attached hydrogens (tertiary/aromatic N) is 3. The number of carbonyl (C=O) groups excluding carboxylic acids is 3. The van der Waals surface area contributed by atoms with Crippen molar-refractivity contribution in [3.8, 4) is 0 Å². The monoisotopic (exact) mass is 526 g/mol. The number of aryl methyl sites for hydroxylation is 1. The Kier molecular flexibility index (Phi) is 6.89. The van der Waals surface area contributed by atoms with E-state index in [0.717, 1.165) is 0 Å². The fourth-order valence-corrected chi connectivity index (χ4v) is 4.62. The largest absolute Gasteiger partial charge is 0.323 e. The highest BCUT2D eigenvalue weighted by Crippen LogP contribution is 2.28. The molecule has 1 N–H and O–H groups in total. The summed E-state index contributed by atoms with van der Waals surface area (Å²) >= 11 is 6.13. The molecule has 1 aliphatic rings. The molecular weight excluding hydrogens is 504 g/mol. The zero-order valence-corrected chi connectivity index (χ0v) is 21.2. The summed E-state index contributed by atoms with van der Waals surface area (Å²) < 4.78 is 1.35. The second kappa shape index (κ2) is 10.4. The molecule has 1 aliphatic heterocycles. The molecule has 9 heteroatoms. The van der Waals surface area contributed by atoms with Crippen LogP contribution in [0.2, 0.25) is 5.02 Å². The number of carbonyl (C=O) groups is 3. The lowest BCUT2D eigenvalue weighted by Crippen LogP contribution is -2.46. The lowest BCUT2D eigenvalue weighted by atomic mass is 10.0. The van der Waals surface area contributed by atoms with E-state index >= 15 is 0 Å². The molecule has 0 aliphatic carbocycles. The lowest BCUT2D eigenvalue weighted by molar-refractivity contribution is -0.120. The molecule has 0 saturated heterocycles. The van der Waals surface area contributed by atoms with Gasteiger partial charge in [-0.1, -0.05) is 41.9 Å². The Balaban J connectivity index is 1.47. The van der Waals surface area contributed by atoms with Gasteiger partial charge in [0, 0.05) is 48.7 Å². The Morgan fingerprint density at radius 3 is 2.53 bits per heavy atom. The van der Waals surface area contributed by atoms with Gasteiger partial charge < -0.3 is 14.8 Å². The average molecular weight is 527 g/mol. The number of hydrogen-bond acceptors (Lipinski definition) is 5. The number of fused-ring (bicyclic) bond motifs is 1. The predicted molar refractivity (Wildman–Crippen MR) is 143 cm³/mol. The third-order valence-electron chi connectivity index (χ3n) is 6.48. The van der Waals surface area contributed by atoms with Crippen LogP contribution >= 0.6 is 11.6 Å². The van der Waals surface area contributed by atoms with E-state index in [-0.39, 0.29) is 41.7 Å². The SMILES string of the molecule is Cn1cccc(C(=O)c2ccc(CN3C(=O)c4ccc(Cl)cc4NC(=O)C3Cc3ccccn3)cc2)c1=O. The molecule has 0 bridgehead atoms. The number of halogens is 1. The second-order valence-corrected chi connectivity index (χ2v) is 9.45. The van der Waals surface area contributed by atoms with Gasteiger partial charge >= 0.3 is 0 Å². The summed E-state index contributed by atoms with van der Waals surface area (Å²) in [5, 5.41) is 3.24. The summed E-state index contributed by atoms with van der Waals surface area (Å²) in [5.74, 6) is -1.07. The molecule has 1 atom stereocenters. The number of anilines is 1. The molecule has 4 aromatic rings. The van der Waals surface area contributed by atoms with Gasteiger partial charge in [-0.15, -0.1) is 0 Å². The second-order valence-electron chi connectivity index (χ2n) is 9.02. The maximum atomic E-state index is 13.7. The molecule has 2 amide bonds. The minimum absolute atomic E-state index is 0.0767. The van der Waals surface area contributed by atoms with Crippen molar-refractivity contribution in [1.29, 1.82) is 0 Å². The van der Waals surface area contributed by atoms with Crippen LogP contribution in [0.5, 0.6) is 0 Å². The zero-order valence-electron chi connectivity index (χ0n) is 20.4. The Morgan fingerprint density at radius 1 is 1.00 bits per heavy atom. The molecule has 38 heavy (non-hydrogen) atoms. The number of benzene rings is 2. The number of hydrogen-bond donors (Lipinski definition) is 1. The van der Waals surface area contributed by atoms with Crippen LogP contribution in [0, 0.1) is 0 Å². The normalized spacial score (nSPS) is 15.0. The molecule has 5 rings (SSSR count). The Bertz CT molecular complexity index is 1600. The quantitative estimate of drug-likeness (QED) is 0.384. The summed E-state index contributed by atoms with van der Waals surface area (Å²) in [6, 6.07) is 19.2. The highest BCUT2D eigenvalue weighted by Gasteiger charge is 2.36. The van der Waals surface area contributed by atoms with Crippen molar-refractivity contribution in [3.05, 3.63) is 129 Å². The summed E-state index contributed by atoms with van der Waals surface area (Å²) in [4.78, 5) is 58.2. The van der Waals surface area contributed by atoms with Crippen molar-refractivity contribution in [2.45, 2.75) is 19.0 Å². The average Bonchev–Trinajstić information content (AvgIpc) is 3.00. The lowest BCUT2D eigenvalue weighted by Gasteiger charge is -2.28. The molecular formula is C29H23ClN4O4. The molecule has 2 aromatic heterocycles. The summed E-state index contributed by atoms with van der Waals surface area (Å²) in [7, 11) is 1.59. The van der Waals surface area contributed by atoms with Gasteiger partial charge in [0.1, 0.15) is 6.04 Å². The maximum Gasteiger partial charge on any atom is 0.261 e. The van der Waals surface area contributed by atoms with E-state index in [1.165, 1.54) is 15.5 Å². The summed E-state index contributed by atoms with van der Waals surface area (Å²) in [6.45, 7) is 0.118. The molecule has 0 radical (unpaired) electrons. The smallest absolute Gasteiger partial charge is 0.261 e. The van der Waals surface area contributed by atoms with E-state index in [9.17, 15) is 19.2 Å². The minimum atomic E-state index is -0.836. The molecule has 8 nitrogen and oxygen atoms in total. The van der Waals surface area contributed by atoms with Crippen LogP contribution in [0.3, 0.4) is 0 Å². The van der Waals surface area contributed by atoms with Crippen molar-refractivity contribution in [2.24, 2.45) is 7.05 Å². The molecule has 0 fully saturated rings. The van der Waals surface area contributed by atoms with E-state index in [4.69, 9.17) is 11.6 Å². The highest BCUT2D eigenvalue weighted by atomic mass is 35.5. The Hall–Kier alpha value is -4.56. The zero-order chi connectivity index (χ0) is 26.8. The fourth-order valence-electron chi connectivity index (χ4n) is 4.45. The number of nitrogens with one attached hydrogen (secondary N) is 1. The van der Waals surface area contributed by atoms with E-state index in [0.29, 0.717) is 33.1 Å². The van der Waals surface area contributed by atoms with Crippen molar-refractivity contribution in [3.63, 3.8) is 0 Å². The molecule has 0 saturated carbocycles. The number of amides is 2. The first kappa shape index (κ1) is 25.1. The Morgan fingerprint density at radius 2 is 1.79 bits per heavy atom. The van der Waals surface area contributed by atoms with Crippen LogP contribution < -0.4 is 10.9 Å². The third kappa shape index (κ3) is 4.99. The maximum absolute atomic E-state index is 13.7. The van der Waals surface area contributed by atoms with E-state index in [1.807, 2.05) is 6.07 Å². The van der Waals surface area contributed by atoms with Crippen LogP contribution in [0.15, 0.2) is 90.0 Å². The minimum Gasteiger partial charge on any atom is -0.323 e. The van der Waals surface area contributed by atoms with Crippen LogP contribution in [0.1, 0.15) is 37.5 Å².